The molecule has 0 spiro atoms. The Morgan fingerprint density at radius 1 is 1.23 bits per heavy atom. The molecule has 1 saturated heterocycles. The molecule has 5 heteroatoms. The number of hydrogen-bond acceptors (Lipinski definition) is 3. The summed E-state index contributed by atoms with van der Waals surface area (Å²) in [6.07, 6.45) is 3.00. The van der Waals surface area contributed by atoms with Gasteiger partial charge in [-0.25, -0.2) is 0 Å². The van der Waals surface area contributed by atoms with Crippen molar-refractivity contribution in [3.8, 4) is 0 Å². The predicted molar refractivity (Wildman–Crippen MR) is 84.5 cm³/mol. The van der Waals surface area contributed by atoms with Crippen LogP contribution in [-0.4, -0.2) is 43.0 Å². The number of hydrogen-bond donors (Lipinski definition) is 1. The molecule has 0 aromatic heterocycles. The van der Waals surface area contributed by atoms with Crippen molar-refractivity contribution in [2.24, 2.45) is 11.7 Å². The highest BCUT2D eigenvalue weighted by Gasteiger charge is 2.22. The third kappa shape index (κ3) is 4.56. The van der Waals surface area contributed by atoms with Gasteiger partial charge in [-0.15, -0.1) is 0 Å². The van der Waals surface area contributed by atoms with Crippen LogP contribution in [0.5, 0.6) is 0 Å². The molecule has 120 valence electrons. The molecule has 0 unspecified atom stereocenters. The van der Waals surface area contributed by atoms with Crippen molar-refractivity contribution in [2.45, 2.75) is 26.2 Å². The number of rotatable bonds is 6. The zero-order chi connectivity index (χ0) is 15.9. The number of carbonyl (C=O) groups is 2. The van der Waals surface area contributed by atoms with Crippen LogP contribution < -0.4 is 5.73 Å². The molecule has 1 fully saturated rings. The molecule has 0 bridgehead atoms. The minimum Gasteiger partial charge on any atom is -0.372 e. The summed E-state index contributed by atoms with van der Waals surface area (Å²) in [6, 6.07) is 7.48. The molecule has 2 rings (SSSR count). The largest absolute Gasteiger partial charge is 0.372 e. The second kappa shape index (κ2) is 7.94. The summed E-state index contributed by atoms with van der Waals surface area (Å²) < 4.78 is 5.17. The van der Waals surface area contributed by atoms with Crippen molar-refractivity contribution in [1.82, 2.24) is 4.90 Å². The smallest absolute Gasteiger partial charge is 0.248 e. The van der Waals surface area contributed by atoms with E-state index in [0.29, 0.717) is 18.1 Å². The predicted octanol–water partition coefficient (Wildman–Crippen LogP) is 1.60. The van der Waals surface area contributed by atoms with Crippen LogP contribution in [0, 0.1) is 5.92 Å². The van der Waals surface area contributed by atoms with Gasteiger partial charge in [0.15, 0.2) is 0 Å². The number of nitrogens with two attached hydrogens (primary N) is 1. The summed E-state index contributed by atoms with van der Waals surface area (Å²) in [5.41, 5.74) is 6.99. The quantitative estimate of drug-likeness (QED) is 0.867. The Kier molecular flexibility index (Phi) is 5.95. The van der Waals surface area contributed by atoms with E-state index < -0.39 is 5.91 Å². The SMILES string of the molecule is CCOCC(=O)N1CCC(Cc2ccc(C(N)=O)cc2)CC1. The van der Waals surface area contributed by atoms with Crippen molar-refractivity contribution in [2.75, 3.05) is 26.3 Å². The van der Waals surface area contributed by atoms with E-state index in [-0.39, 0.29) is 12.5 Å². The van der Waals surface area contributed by atoms with E-state index in [1.165, 1.54) is 5.56 Å². The van der Waals surface area contributed by atoms with Crippen molar-refractivity contribution in [1.29, 1.82) is 0 Å². The molecule has 5 nitrogen and oxygen atoms in total. The molecule has 0 radical (unpaired) electrons. The Morgan fingerprint density at radius 3 is 2.41 bits per heavy atom. The van der Waals surface area contributed by atoms with Crippen LogP contribution in [0.4, 0.5) is 0 Å². The average molecular weight is 304 g/mol. The monoisotopic (exact) mass is 304 g/mol. The fraction of sp³-hybridized carbons (Fsp3) is 0.529. The van der Waals surface area contributed by atoms with Gasteiger partial charge in [-0.2, -0.15) is 0 Å². The highest BCUT2D eigenvalue weighted by atomic mass is 16.5. The van der Waals surface area contributed by atoms with Crippen LogP contribution in [0.2, 0.25) is 0 Å². The van der Waals surface area contributed by atoms with E-state index >= 15 is 0 Å². The molecule has 0 aliphatic carbocycles. The Morgan fingerprint density at radius 2 is 1.86 bits per heavy atom. The molecule has 2 N–H and O–H groups in total. The molecule has 1 aliphatic heterocycles. The zero-order valence-corrected chi connectivity index (χ0v) is 13.1. The normalized spacial score (nSPS) is 15.8. The summed E-state index contributed by atoms with van der Waals surface area (Å²) in [5.74, 6) is 0.273. The van der Waals surface area contributed by atoms with Gasteiger partial charge in [-0.1, -0.05) is 12.1 Å². The highest BCUT2D eigenvalue weighted by Crippen LogP contribution is 2.22. The van der Waals surface area contributed by atoms with E-state index in [0.717, 1.165) is 32.4 Å². The molecule has 1 aromatic rings. The lowest BCUT2D eigenvalue weighted by atomic mass is 9.90. The van der Waals surface area contributed by atoms with Gasteiger partial charge in [0, 0.05) is 25.3 Å². The van der Waals surface area contributed by atoms with Crippen molar-refractivity contribution in [3.05, 3.63) is 35.4 Å². The third-order valence-electron chi connectivity index (χ3n) is 4.16. The van der Waals surface area contributed by atoms with Crippen LogP contribution in [-0.2, 0) is 16.0 Å². The maximum Gasteiger partial charge on any atom is 0.248 e. The molecule has 1 heterocycles. The van der Waals surface area contributed by atoms with Crippen molar-refractivity contribution < 1.29 is 14.3 Å². The number of amides is 2. The number of benzene rings is 1. The van der Waals surface area contributed by atoms with Crippen LogP contribution in [0.15, 0.2) is 24.3 Å². The summed E-state index contributed by atoms with van der Waals surface area (Å²) in [4.78, 5) is 24.8. The van der Waals surface area contributed by atoms with Crippen LogP contribution >= 0.6 is 0 Å². The first-order valence-corrected chi connectivity index (χ1v) is 7.84. The van der Waals surface area contributed by atoms with Gasteiger partial charge in [0.2, 0.25) is 11.8 Å². The second-order valence-corrected chi connectivity index (χ2v) is 5.73. The number of primary amides is 1. The van der Waals surface area contributed by atoms with Gasteiger partial charge in [0.25, 0.3) is 0 Å². The van der Waals surface area contributed by atoms with Gasteiger partial charge < -0.3 is 15.4 Å². The fourth-order valence-corrected chi connectivity index (χ4v) is 2.81. The van der Waals surface area contributed by atoms with Crippen LogP contribution in [0.25, 0.3) is 0 Å². The Balaban J connectivity index is 1.79. The minimum absolute atomic E-state index is 0.0890. The van der Waals surface area contributed by atoms with E-state index in [1.807, 2.05) is 24.0 Å². The lowest BCUT2D eigenvalue weighted by Crippen LogP contribution is -2.40. The van der Waals surface area contributed by atoms with E-state index in [2.05, 4.69) is 0 Å². The van der Waals surface area contributed by atoms with E-state index in [9.17, 15) is 9.59 Å². The molecule has 2 amide bonds. The Labute approximate surface area is 131 Å². The van der Waals surface area contributed by atoms with E-state index in [1.54, 1.807) is 12.1 Å². The summed E-state index contributed by atoms with van der Waals surface area (Å²) >= 11 is 0. The molecule has 22 heavy (non-hydrogen) atoms. The molecule has 0 saturated carbocycles. The number of nitrogens with zero attached hydrogens (tertiary/aromatic N) is 1. The third-order valence-corrected chi connectivity index (χ3v) is 4.16. The molecule has 1 aliphatic rings. The topological polar surface area (TPSA) is 72.6 Å². The number of ether oxygens (including phenoxy) is 1. The lowest BCUT2D eigenvalue weighted by Gasteiger charge is -2.32. The lowest BCUT2D eigenvalue weighted by molar-refractivity contribution is -0.137. The number of carbonyl (C=O) groups excluding carboxylic acids is 2. The van der Waals surface area contributed by atoms with Gasteiger partial charge in [-0.3, -0.25) is 9.59 Å². The molecule has 1 aromatic carbocycles. The number of likely N-dealkylation sites (tertiary alicyclic amines) is 1. The molecular weight excluding hydrogens is 280 g/mol. The van der Waals surface area contributed by atoms with Crippen LogP contribution in [0.1, 0.15) is 35.7 Å². The van der Waals surface area contributed by atoms with Gasteiger partial charge in [0.1, 0.15) is 6.61 Å². The van der Waals surface area contributed by atoms with E-state index in [4.69, 9.17) is 10.5 Å². The maximum atomic E-state index is 11.9. The van der Waals surface area contributed by atoms with Crippen molar-refractivity contribution in [3.63, 3.8) is 0 Å². The second-order valence-electron chi connectivity index (χ2n) is 5.73. The fourth-order valence-electron chi connectivity index (χ4n) is 2.81. The Hall–Kier alpha value is -1.88. The van der Waals surface area contributed by atoms with Crippen molar-refractivity contribution >= 4 is 11.8 Å². The van der Waals surface area contributed by atoms with Gasteiger partial charge >= 0.3 is 0 Å². The standard InChI is InChI=1S/C17H24N2O3/c1-2-22-12-16(20)19-9-7-14(8-10-19)11-13-3-5-15(6-4-13)17(18)21/h3-6,14H,2,7-12H2,1H3,(H2,18,21). The minimum atomic E-state index is -0.396. The summed E-state index contributed by atoms with van der Waals surface area (Å²) in [7, 11) is 0. The highest BCUT2D eigenvalue weighted by molar-refractivity contribution is 5.92. The maximum absolute atomic E-state index is 11.9. The average Bonchev–Trinajstić information content (AvgIpc) is 2.54. The van der Waals surface area contributed by atoms with Gasteiger partial charge in [0.05, 0.1) is 0 Å². The first-order chi connectivity index (χ1) is 10.6. The van der Waals surface area contributed by atoms with Crippen LogP contribution in [0.3, 0.4) is 0 Å². The summed E-state index contributed by atoms with van der Waals surface area (Å²) in [6.45, 7) is 4.26. The first-order valence-electron chi connectivity index (χ1n) is 7.84. The molecular formula is C17H24N2O3. The zero-order valence-electron chi connectivity index (χ0n) is 13.1. The molecule has 0 atom stereocenters. The summed E-state index contributed by atoms with van der Waals surface area (Å²) in [5, 5.41) is 0. The first kappa shape index (κ1) is 16.5. The Bertz CT molecular complexity index is 505. The van der Waals surface area contributed by atoms with Gasteiger partial charge in [-0.05, 0) is 49.8 Å². The number of piperidine rings is 1.